The van der Waals surface area contributed by atoms with Crippen molar-refractivity contribution in [3.63, 3.8) is 0 Å². The summed E-state index contributed by atoms with van der Waals surface area (Å²) in [5.74, 6) is 0. The number of alkyl carbamates (subject to hydrolysis) is 1. The van der Waals surface area contributed by atoms with Crippen molar-refractivity contribution in [1.82, 2.24) is 10.6 Å². The van der Waals surface area contributed by atoms with Gasteiger partial charge in [0, 0.05) is 12.6 Å². The van der Waals surface area contributed by atoms with Crippen LogP contribution in [0.15, 0.2) is 0 Å². The molecule has 4 nitrogen and oxygen atoms in total. The lowest BCUT2D eigenvalue weighted by atomic mass is 10.1. The number of carbonyl (C=O) groups excluding carboxylic acids is 1. The first-order valence-electron chi connectivity index (χ1n) is 8.09. The van der Waals surface area contributed by atoms with E-state index in [-0.39, 0.29) is 6.09 Å². The van der Waals surface area contributed by atoms with Gasteiger partial charge in [-0.25, -0.2) is 4.79 Å². The molecule has 0 aromatic carbocycles. The number of hydrogen-bond donors (Lipinski definition) is 2. The maximum absolute atomic E-state index is 11.4. The van der Waals surface area contributed by atoms with E-state index in [4.69, 9.17) is 4.74 Å². The van der Waals surface area contributed by atoms with Crippen LogP contribution in [0.25, 0.3) is 0 Å². The highest BCUT2D eigenvalue weighted by molar-refractivity contribution is 5.67. The Balaban J connectivity index is 3.65. The zero-order valence-corrected chi connectivity index (χ0v) is 14.1. The second-order valence-corrected chi connectivity index (χ2v) is 6.36. The number of nitrogens with one attached hydrogen (secondary N) is 2. The van der Waals surface area contributed by atoms with Gasteiger partial charge in [-0.2, -0.15) is 0 Å². The van der Waals surface area contributed by atoms with Crippen LogP contribution in [0.3, 0.4) is 0 Å². The van der Waals surface area contributed by atoms with Gasteiger partial charge in [-0.05, 0) is 46.6 Å². The quantitative estimate of drug-likeness (QED) is 0.600. The van der Waals surface area contributed by atoms with Crippen LogP contribution in [0.1, 0.15) is 73.1 Å². The fourth-order valence-corrected chi connectivity index (χ4v) is 2.05. The van der Waals surface area contributed by atoms with Gasteiger partial charge in [0.2, 0.25) is 0 Å². The Labute approximate surface area is 125 Å². The van der Waals surface area contributed by atoms with Gasteiger partial charge >= 0.3 is 6.09 Å². The molecule has 0 saturated heterocycles. The number of rotatable bonds is 10. The zero-order chi connectivity index (χ0) is 15.4. The van der Waals surface area contributed by atoms with Crippen molar-refractivity contribution in [3.05, 3.63) is 0 Å². The van der Waals surface area contributed by atoms with Crippen molar-refractivity contribution < 1.29 is 9.53 Å². The minimum atomic E-state index is -0.422. The third-order valence-electron chi connectivity index (χ3n) is 3.00. The molecule has 0 rings (SSSR count). The highest BCUT2D eigenvalue weighted by atomic mass is 16.6. The van der Waals surface area contributed by atoms with Crippen molar-refractivity contribution in [3.8, 4) is 0 Å². The SMILES string of the molecule is CCCCC(CCC)NCCCNC(=O)OC(C)(C)C. The summed E-state index contributed by atoms with van der Waals surface area (Å²) in [7, 11) is 0. The molecule has 120 valence electrons. The Hall–Kier alpha value is -0.770. The molecule has 0 aromatic heterocycles. The average molecular weight is 286 g/mol. The van der Waals surface area contributed by atoms with Crippen LogP contribution in [-0.4, -0.2) is 30.8 Å². The second-order valence-electron chi connectivity index (χ2n) is 6.36. The van der Waals surface area contributed by atoms with Crippen LogP contribution < -0.4 is 10.6 Å². The Morgan fingerprint density at radius 1 is 1.05 bits per heavy atom. The van der Waals surface area contributed by atoms with Gasteiger partial charge < -0.3 is 15.4 Å². The Bertz CT molecular complexity index is 249. The summed E-state index contributed by atoms with van der Waals surface area (Å²) < 4.78 is 5.19. The molecule has 0 heterocycles. The molecule has 0 aliphatic rings. The molecule has 0 fully saturated rings. The van der Waals surface area contributed by atoms with Crippen molar-refractivity contribution in [1.29, 1.82) is 0 Å². The van der Waals surface area contributed by atoms with E-state index in [0.717, 1.165) is 13.0 Å². The molecule has 0 bridgehead atoms. The number of ether oxygens (including phenoxy) is 1. The fourth-order valence-electron chi connectivity index (χ4n) is 2.05. The summed E-state index contributed by atoms with van der Waals surface area (Å²) >= 11 is 0. The van der Waals surface area contributed by atoms with Crippen molar-refractivity contribution in [2.45, 2.75) is 84.8 Å². The maximum atomic E-state index is 11.4. The molecule has 1 unspecified atom stereocenters. The van der Waals surface area contributed by atoms with E-state index in [0.29, 0.717) is 12.6 Å². The summed E-state index contributed by atoms with van der Waals surface area (Å²) in [6.07, 6.45) is 6.86. The van der Waals surface area contributed by atoms with E-state index in [9.17, 15) is 4.79 Å². The van der Waals surface area contributed by atoms with Gasteiger partial charge in [-0.3, -0.25) is 0 Å². The summed E-state index contributed by atoms with van der Waals surface area (Å²) in [6.45, 7) is 11.7. The lowest BCUT2D eigenvalue weighted by molar-refractivity contribution is 0.0527. The minimum absolute atomic E-state index is 0.325. The molecule has 0 aromatic rings. The van der Waals surface area contributed by atoms with Gasteiger partial charge in [-0.15, -0.1) is 0 Å². The molecule has 0 saturated carbocycles. The van der Waals surface area contributed by atoms with Crippen molar-refractivity contribution in [2.75, 3.05) is 13.1 Å². The second kappa shape index (κ2) is 11.0. The largest absolute Gasteiger partial charge is 0.444 e. The van der Waals surface area contributed by atoms with Crippen LogP contribution >= 0.6 is 0 Å². The van der Waals surface area contributed by atoms with E-state index in [1.54, 1.807) is 0 Å². The zero-order valence-electron chi connectivity index (χ0n) is 14.1. The molecule has 2 N–H and O–H groups in total. The van der Waals surface area contributed by atoms with Gasteiger partial charge in [-0.1, -0.05) is 33.1 Å². The highest BCUT2D eigenvalue weighted by Crippen LogP contribution is 2.07. The average Bonchev–Trinajstić information content (AvgIpc) is 2.33. The van der Waals surface area contributed by atoms with Crippen molar-refractivity contribution >= 4 is 6.09 Å². The monoisotopic (exact) mass is 286 g/mol. The standard InChI is InChI=1S/C16H34N2O2/c1-6-8-11-14(10-7-2)17-12-9-13-18-15(19)20-16(3,4)5/h14,17H,6-13H2,1-5H3,(H,18,19). The molecule has 0 aliphatic heterocycles. The first kappa shape index (κ1) is 19.2. The lowest BCUT2D eigenvalue weighted by Gasteiger charge is -2.20. The van der Waals surface area contributed by atoms with E-state index < -0.39 is 5.60 Å². The van der Waals surface area contributed by atoms with Gasteiger partial charge in [0.1, 0.15) is 5.60 Å². The molecule has 20 heavy (non-hydrogen) atoms. The fraction of sp³-hybridized carbons (Fsp3) is 0.938. The van der Waals surface area contributed by atoms with E-state index in [2.05, 4.69) is 24.5 Å². The summed E-state index contributed by atoms with van der Waals surface area (Å²) in [5, 5.41) is 6.37. The van der Waals surface area contributed by atoms with Crippen LogP contribution in [0.4, 0.5) is 4.79 Å². The summed E-state index contributed by atoms with van der Waals surface area (Å²) in [5.41, 5.74) is -0.422. The van der Waals surface area contributed by atoms with E-state index in [1.807, 2.05) is 20.8 Å². The molecular weight excluding hydrogens is 252 g/mol. The first-order valence-corrected chi connectivity index (χ1v) is 8.09. The number of amides is 1. The molecule has 1 amide bonds. The Morgan fingerprint density at radius 3 is 2.30 bits per heavy atom. The Kier molecular flexibility index (Phi) is 10.5. The smallest absolute Gasteiger partial charge is 0.407 e. The Morgan fingerprint density at radius 2 is 1.75 bits per heavy atom. The number of hydrogen-bond acceptors (Lipinski definition) is 3. The van der Waals surface area contributed by atoms with E-state index >= 15 is 0 Å². The highest BCUT2D eigenvalue weighted by Gasteiger charge is 2.15. The van der Waals surface area contributed by atoms with Gasteiger partial charge in [0.05, 0.1) is 0 Å². The lowest BCUT2D eigenvalue weighted by Crippen LogP contribution is -2.35. The topological polar surface area (TPSA) is 50.4 Å². The molecule has 4 heteroatoms. The number of unbranched alkanes of at least 4 members (excludes halogenated alkanes) is 1. The van der Waals surface area contributed by atoms with Crippen LogP contribution in [-0.2, 0) is 4.74 Å². The summed E-state index contributed by atoms with van der Waals surface area (Å²) in [4.78, 5) is 11.4. The van der Waals surface area contributed by atoms with Crippen LogP contribution in [0.5, 0.6) is 0 Å². The molecule has 0 spiro atoms. The van der Waals surface area contributed by atoms with Gasteiger partial charge in [0.15, 0.2) is 0 Å². The molecule has 1 atom stereocenters. The predicted octanol–water partition coefficient (Wildman–Crippen LogP) is 3.85. The minimum Gasteiger partial charge on any atom is -0.444 e. The first-order chi connectivity index (χ1) is 9.39. The maximum Gasteiger partial charge on any atom is 0.407 e. The van der Waals surface area contributed by atoms with Crippen LogP contribution in [0, 0.1) is 0 Å². The number of carbonyl (C=O) groups is 1. The predicted molar refractivity (Wildman–Crippen MR) is 85.1 cm³/mol. The normalized spacial score (nSPS) is 13.1. The third-order valence-corrected chi connectivity index (χ3v) is 3.00. The molecule has 0 radical (unpaired) electrons. The molecular formula is C16H34N2O2. The summed E-state index contributed by atoms with van der Waals surface area (Å²) in [6, 6.07) is 0.626. The van der Waals surface area contributed by atoms with Crippen molar-refractivity contribution in [2.24, 2.45) is 0 Å². The van der Waals surface area contributed by atoms with Gasteiger partial charge in [0.25, 0.3) is 0 Å². The van der Waals surface area contributed by atoms with Crippen LogP contribution in [0.2, 0.25) is 0 Å². The van der Waals surface area contributed by atoms with E-state index in [1.165, 1.54) is 32.1 Å². The third kappa shape index (κ3) is 12.3. The molecule has 0 aliphatic carbocycles.